The first kappa shape index (κ1) is 14.2. The fraction of sp³-hybridized carbons (Fsp3) is 0.312. The van der Waals surface area contributed by atoms with Crippen LogP contribution in [0.1, 0.15) is 29.8 Å². The first-order chi connectivity index (χ1) is 9.72. The summed E-state index contributed by atoms with van der Waals surface area (Å²) in [6.07, 6.45) is 4.20. The number of hydrogen-bond donors (Lipinski definition) is 1. The van der Waals surface area contributed by atoms with Crippen LogP contribution in [0.15, 0.2) is 42.7 Å². The van der Waals surface area contributed by atoms with Crippen LogP contribution in [-0.2, 0) is 17.8 Å². The molecule has 0 amide bonds. The first-order valence-corrected chi connectivity index (χ1v) is 6.88. The average Bonchev–Trinajstić information content (AvgIpc) is 2.94. The van der Waals surface area contributed by atoms with Crippen molar-refractivity contribution in [2.45, 2.75) is 26.9 Å². The van der Waals surface area contributed by atoms with Crippen molar-refractivity contribution in [3.05, 3.63) is 53.9 Å². The molecule has 4 heteroatoms. The molecule has 0 fully saturated rings. The summed E-state index contributed by atoms with van der Waals surface area (Å²) in [6, 6.07) is 9.44. The maximum absolute atomic E-state index is 11.5. The Morgan fingerprint density at radius 2 is 1.95 bits per heavy atom. The Hall–Kier alpha value is -2.23. The van der Waals surface area contributed by atoms with Gasteiger partial charge in [-0.3, -0.25) is 0 Å². The first-order valence-electron chi connectivity index (χ1n) is 6.88. The van der Waals surface area contributed by atoms with E-state index in [0.717, 1.165) is 18.8 Å². The predicted octanol–water partition coefficient (Wildman–Crippen LogP) is 3.30. The number of anilines is 1. The molecule has 1 heterocycles. The number of aromatic nitrogens is 1. The van der Waals surface area contributed by atoms with Gasteiger partial charge in [-0.05, 0) is 49.7 Å². The summed E-state index contributed by atoms with van der Waals surface area (Å²) in [5, 5.41) is 3.33. The summed E-state index contributed by atoms with van der Waals surface area (Å²) in [6.45, 7) is 6.06. The SMILES string of the molecule is CCOC(=O)c1ccc(NCc2ccn(CC)c2)cc1. The molecule has 0 aliphatic rings. The van der Waals surface area contributed by atoms with Gasteiger partial charge in [0.05, 0.1) is 12.2 Å². The maximum Gasteiger partial charge on any atom is 0.338 e. The van der Waals surface area contributed by atoms with Crippen LogP contribution in [0.3, 0.4) is 0 Å². The molecule has 1 N–H and O–H groups in total. The van der Waals surface area contributed by atoms with Crippen molar-refractivity contribution in [1.82, 2.24) is 4.57 Å². The number of carbonyl (C=O) groups excluding carboxylic acids is 1. The summed E-state index contributed by atoms with van der Waals surface area (Å²) in [5.41, 5.74) is 2.80. The van der Waals surface area contributed by atoms with Crippen molar-refractivity contribution in [2.24, 2.45) is 0 Å². The third-order valence-electron chi connectivity index (χ3n) is 3.07. The third kappa shape index (κ3) is 3.63. The molecular weight excluding hydrogens is 252 g/mol. The van der Waals surface area contributed by atoms with Gasteiger partial charge in [-0.1, -0.05) is 0 Å². The molecule has 0 bridgehead atoms. The van der Waals surface area contributed by atoms with Gasteiger partial charge in [-0.15, -0.1) is 0 Å². The van der Waals surface area contributed by atoms with E-state index in [1.807, 2.05) is 12.1 Å². The zero-order valence-electron chi connectivity index (χ0n) is 11.9. The molecule has 1 aromatic carbocycles. The lowest BCUT2D eigenvalue weighted by molar-refractivity contribution is 0.0526. The second-order valence-corrected chi connectivity index (χ2v) is 4.50. The van der Waals surface area contributed by atoms with Crippen molar-refractivity contribution < 1.29 is 9.53 Å². The highest BCUT2D eigenvalue weighted by atomic mass is 16.5. The fourth-order valence-corrected chi connectivity index (χ4v) is 1.93. The number of aryl methyl sites for hydroxylation is 1. The van der Waals surface area contributed by atoms with Gasteiger partial charge in [0.2, 0.25) is 0 Å². The van der Waals surface area contributed by atoms with E-state index in [0.29, 0.717) is 12.2 Å². The van der Waals surface area contributed by atoms with Gasteiger partial charge >= 0.3 is 5.97 Å². The van der Waals surface area contributed by atoms with E-state index in [2.05, 4.69) is 35.3 Å². The van der Waals surface area contributed by atoms with E-state index in [1.54, 1.807) is 19.1 Å². The fourth-order valence-electron chi connectivity index (χ4n) is 1.93. The molecule has 106 valence electrons. The second kappa shape index (κ2) is 6.80. The molecule has 4 nitrogen and oxygen atoms in total. The number of rotatable bonds is 6. The molecule has 2 aromatic rings. The van der Waals surface area contributed by atoms with Gasteiger partial charge < -0.3 is 14.6 Å². The molecule has 0 radical (unpaired) electrons. The van der Waals surface area contributed by atoms with Gasteiger partial charge in [0.1, 0.15) is 0 Å². The molecule has 0 unspecified atom stereocenters. The molecule has 20 heavy (non-hydrogen) atoms. The summed E-state index contributed by atoms with van der Waals surface area (Å²) in [7, 11) is 0. The lowest BCUT2D eigenvalue weighted by Crippen LogP contribution is -2.05. The summed E-state index contributed by atoms with van der Waals surface area (Å²) >= 11 is 0. The molecule has 0 spiro atoms. The summed E-state index contributed by atoms with van der Waals surface area (Å²) < 4.78 is 7.09. The monoisotopic (exact) mass is 272 g/mol. The quantitative estimate of drug-likeness (QED) is 0.820. The van der Waals surface area contributed by atoms with E-state index >= 15 is 0 Å². The molecular formula is C16H20N2O2. The van der Waals surface area contributed by atoms with E-state index in [1.165, 1.54) is 5.56 Å². The zero-order chi connectivity index (χ0) is 14.4. The molecule has 1 aromatic heterocycles. The normalized spacial score (nSPS) is 10.3. The van der Waals surface area contributed by atoms with Crippen LogP contribution in [0.4, 0.5) is 5.69 Å². The Balaban J connectivity index is 1.92. The Bertz CT molecular complexity index is 558. The minimum atomic E-state index is -0.279. The van der Waals surface area contributed by atoms with Gasteiger partial charge in [0.25, 0.3) is 0 Å². The van der Waals surface area contributed by atoms with E-state index in [9.17, 15) is 4.79 Å². The van der Waals surface area contributed by atoms with Gasteiger partial charge in [0, 0.05) is 31.2 Å². The number of ether oxygens (including phenoxy) is 1. The Kier molecular flexibility index (Phi) is 4.82. The van der Waals surface area contributed by atoms with Crippen molar-refractivity contribution in [2.75, 3.05) is 11.9 Å². The molecule has 0 aliphatic carbocycles. The topological polar surface area (TPSA) is 43.3 Å². The number of carbonyl (C=O) groups is 1. The predicted molar refractivity (Wildman–Crippen MR) is 79.8 cm³/mol. The highest BCUT2D eigenvalue weighted by Gasteiger charge is 2.05. The molecule has 0 atom stereocenters. The maximum atomic E-state index is 11.5. The van der Waals surface area contributed by atoms with Crippen molar-refractivity contribution >= 4 is 11.7 Å². The third-order valence-corrected chi connectivity index (χ3v) is 3.07. The highest BCUT2D eigenvalue weighted by Crippen LogP contribution is 2.12. The van der Waals surface area contributed by atoms with Gasteiger partial charge in [0.15, 0.2) is 0 Å². The van der Waals surface area contributed by atoms with Crippen LogP contribution in [0.5, 0.6) is 0 Å². The van der Waals surface area contributed by atoms with Crippen LogP contribution in [0.25, 0.3) is 0 Å². The summed E-state index contributed by atoms with van der Waals surface area (Å²) in [5.74, 6) is -0.279. The molecule has 0 saturated carbocycles. The van der Waals surface area contributed by atoms with Gasteiger partial charge in [-0.25, -0.2) is 4.79 Å². The molecule has 2 rings (SSSR count). The highest BCUT2D eigenvalue weighted by molar-refractivity contribution is 5.89. The van der Waals surface area contributed by atoms with Crippen LogP contribution in [0, 0.1) is 0 Å². The number of nitrogens with one attached hydrogen (secondary N) is 1. The molecule has 0 saturated heterocycles. The van der Waals surface area contributed by atoms with Crippen LogP contribution in [0.2, 0.25) is 0 Å². The Labute approximate surface area is 119 Å². The number of esters is 1. The van der Waals surface area contributed by atoms with E-state index < -0.39 is 0 Å². The van der Waals surface area contributed by atoms with Gasteiger partial charge in [-0.2, -0.15) is 0 Å². The second-order valence-electron chi connectivity index (χ2n) is 4.50. The number of benzene rings is 1. The standard InChI is InChI=1S/C16H20N2O2/c1-3-18-10-9-13(12-18)11-17-15-7-5-14(6-8-15)16(19)20-4-2/h5-10,12,17H,3-4,11H2,1-2H3. The minimum Gasteiger partial charge on any atom is -0.462 e. The minimum absolute atomic E-state index is 0.279. The number of nitrogens with zero attached hydrogens (tertiary/aromatic N) is 1. The Morgan fingerprint density at radius 1 is 1.20 bits per heavy atom. The van der Waals surface area contributed by atoms with Crippen LogP contribution >= 0.6 is 0 Å². The van der Waals surface area contributed by atoms with E-state index in [-0.39, 0.29) is 5.97 Å². The number of hydrogen-bond acceptors (Lipinski definition) is 3. The molecule has 0 aliphatic heterocycles. The van der Waals surface area contributed by atoms with Crippen LogP contribution in [-0.4, -0.2) is 17.1 Å². The average molecular weight is 272 g/mol. The van der Waals surface area contributed by atoms with E-state index in [4.69, 9.17) is 4.74 Å². The lowest BCUT2D eigenvalue weighted by atomic mass is 10.2. The summed E-state index contributed by atoms with van der Waals surface area (Å²) in [4.78, 5) is 11.5. The zero-order valence-corrected chi connectivity index (χ0v) is 11.9. The smallest absolute Gasteiger partial charge is 0.338 e. The van der Waals surface area contributed by atoms with Crippen LogP contribution < -0.4 is 5.32 Å². The van der Waals surface area contributed by atoms with Crippen molar-refractivity contribution in [3.8, 4) is 0 Å². The Morgan fingerprint density at radius 3 is 2.55 bits per heavy atom. The largest absolute Gasteiger partial charge is 0.462 e. The van der Waals surface area contributed by atoms with Crippen molar-refractivity contribution in [3.63, 3.8) is 0 Å². The van der Waals surface area contributed by atoms with Crippen molar-refractivity contribution in [1.29, 1.82) is 0 Å². The lowest BCUT2D eigenvalue weighted by Gasteiger charge is -2.06.